The second-order valence-electron chi connectivity index (χ2n) is 4.86. The van der Waals surface area contributed by atoms with Gasteiger partial charge in [0.25, 0.3) is 0 Å². The Bertz CT molecular complexity index is 175. The van der Waals surface area contributed by atoms with Gasteiger partial charge in [-0.15, -0.1) is 0 Å². The summed E-state index contributed by atoms with van der Waals surface area (Å²) in [5.74, 6) is 0. The molecule has 0 amide bonds. The maximum atomic E-state index is 5.47. The third-order valence-corrected chi connectivity index (χ3v) is 3.28. The Morgan fingerprint density at radius 3 is 2.81 bits per heavy atom. The molecule has 0 aromatic rings. The second kappa shape index (κ2) is 8.04. The molecule has 3 heteroatoms. The summed E-state index contributed by atoms with van der Waals surface area (Å²) in [6, 6.07) is 1.24. The van der Waals surface area contributed by atoms with Crippen molar-refractivity contribution in [3.8, 4) is 0 Å². The van der Waals surface area contributed by atoms with Gasteiger partial charge in [-0.25, -0.2) is 0 Å². The predicted molar refractivity (Wildman–Crippen MR) is 68.8 cm³/mol. The topological polar surface area (TPSA) is 24.5 Å². The van der Waals surface area contributed by atoms with Crippen LogP contribution in [0.2, 0.25) is 0 Å². The summed E-state index contributed by atoms with van der Waals surface area (Å²) in [6.45, 7) is 12.0. The largest absolute Gasteiger partial charge is 0.379 e. The Kier molecular flexibility index (Phi) is 7.01. The van der Waals surface area contributed by atoms with Crippen LogP contribution >= 0.6 is 0 Å². The zero-order valence-corrected chi connectivity index (χ0v) is 11.2. The van der Waals surface area contributed by atoms with Gasteiger partial charge in [-0.1, -0.05) is 20.3 Å². The standard InChI is InChI=1S/C13H28N2O/c1-4-6-13(14-7-5-2)10-15-8-9-16-11-12(15)3/h12-14H,4-11H2,1-3H3. The average molecular weight is 228 g/mol. The number of ether oxygens (including phenoxy) is 1. The van der Waals surface area contributed by atoms with Crippen LogP contribution in [0, 0.1) is 0 Å². The lowest BCUT2D eigenvalue weighted by atomic mass is 10.1. The van der Waals surface area contributed by atoms with Crippen molar-refractivity contribution in [3.05, 3.63) is 0 Å². The summed E-state index contributed by atoms with van der Waals surface area (Å²) < 4.78 is 5.47. The summed E-state index contributed by atoms with van der Waals surface area (Å²) in [4.78, 5) is 2.56. The van der Waals surface area contributed by atoms with Gasteiger partial charge in [0.2, 0.25) is 0 Å². The van der Waals surface area contributed by atoms with Crippen molar-refractivity contribution in [1.82, 2.24) is 10.2 Å². The quantitative estimate of drug-likeness (QED) is 0.720. The number of morpholine rings is 1. The van der Waals surface area contributed by atoms with Crippen molar-refractivity contribution >= 4 is 0 Å². The molecule has 1 N–H and O–H groups in total. The molecule has 0 bridgehead atoms. The van der Waals surface area contributed by atoms with E-state index in [0.29, 0.717) is 12.1 Å². The number of hydrogen-bond donors (Lipinski definition) is 1. The van der Waals surface area contributed by atoms with Crippen molar-refractivity contribution in [3.63, 3.8) is 0 Å². The first kappa shape index (κ1) is 13.9. The van der Waals surface area contributed by atoms with Crippen LogP contribution in [-0.2, 0) is 4.74 Å². The maximum Gasteiger partial charge on any atom is 0.0619 e. The smallest absolute Gasteiger partial charge is 0.0619 e. The summed E-state index contributed by atoms with van der Waals surface area (Å²) in [6.07, 6.45) is 3.77. The van der Waals surface area contributed by atoms with E-state index < -0.39 is 0 Å². The first-order chi connectivity index (χ1) is 7.77. The molecule has 1 fully saturated rings. The summed E-state index contributed by atoms with van der Waals surface area (Å²) in [5.41, 5.74) is 0. The van der Waals surface area contributed by atoms with E-state index in [0.717, 1.165) is 26.3 Å². The molecular formula is C13H28N2O. The fourth-order valence-corrected chi connectivity index (χ4v) is 2.27. The number of rotatable bonds is 7. The fourth-order valence-electron chi connectivity index (χ4n) is 2.27. The summed E-state index contributed by atoms with van der Waals surface area (Å²) in [7, 11) is 0. The minimum atomic E-state index is 0.580. The van der Waals surface area contributed by atoms with Crippen molar-refractivity contribution in [2.24, 2.45) is 0 Å². The lowest BCUT2D eigenvalue weighted by Crippen LogP contribution is -2.50. The maximum absolute atomic E-state index is 5.47. The van der Waals surface area contributed by atoms with Crippen LogP contribution in [0.15, 0.2) is 0 Å². The molecule has 2 unspecified atom stereocenters. The molecule has 0 radical (unpaired) electrons. The average Bonchev–Trinajstić information content (AvgIpc) is 2.29. The lowest BCUT2D eigenvalue weighted by Gasteiger charge is -2.36. The monoisotopic (exact) mass is 228 g/mol. The number of nitrogens with one attached hydrogen (secondary N) is 1. The molecule has 0 aromatic carbocycles. The molecule has 96 valence electrons. The van der Waals surface area contributed by atoms with Crippen LogP contribution in [0.25, 0.3) is 0 Å². The lowest BCUT2D eigenvalue weighted by molar-refractivity contribution is -0.00473. The van der Waals surface area contributed by atoms with Crippen LogP contribution in [-0.4, -0.2) is 49.8 Å². The highest BCUT2D eigenvalue weighted by Gasteiger charge is 2.21. The number of nitrogens with zero attached hydrogens (tertiary/aromatic N) is 1. The normalized spacial score (nSPS) is 24.6. The zero-order chi connectivity index (χ0) is 11.8. The van der Waals surface area contributed by atoms with E-state index in [9.17, 15) is 0 Å². The van der Waals surface area contributed by atoms with Gasteiger partial charge in [-0.05, 0) is 26.3 Å². The van der Waals surface area contributed by atoms with E-state index in [1.165, 1.54) is 25.8 Å². The number of hydrogen-bond acceptors (Lipinski definition) is 3. The summed E-state index contributed by atoms with van der Waals surface area (Å²) in [5, 5.41) is 3.66. The first-order valence-electron chi connectivity index (χ1n) is 6.83. The van der Waals surface area contributed by atoms with Gasteiger partial charge in [-0.2, -0.15) is 0 Å². The minimum absolute atomic E-state index is 0.580. The highest BCUT2D eigenvalue weighted by molar-refractivity contribution is 4.77. The molecule has 2 atom stereocenters. The van der Waals surface area contributed by atoms with Crippen molar-refractivity contribution in [2.75, 3.05) is 32.8 Å². The Hall–Kier alpha value is -0.120. The minimum Gasteiger partial charge on any atom is -0.379 e. The van der Waals surface area contributed by atoms with Crippen molar-refractivity contribution in [1.29, 1.82) is 0 Å². The third kappa shape index (κ3) is 4.81. The van der Waals surface area contributed by atoms with Crippen LogP contribution in [0.1, 0.15) is 40.0 Å². The molecule has 3 nitrogen and oxygen atoms in total. The van der Waals surface area contributed by atoms with Crippen LogP contribution < -0.4 is 5.32 Å². The van der Waals surface area contributed by atoms with Gasteiger partial charge < -0.3 is 10.1 Å². The molecule has 1 aliphatic rings. The highest BCUT2D eigenvalue weighted by Crippen LogP contribution is 2.09. The zero-order valence-electron chi connectivity index (χ0n) is 11.2. The molecule has 0 aliphatic carbocycles. The molecular weight excluding hydrogens is 200 g/mol. The van der Waals surface area contributed by atoms with Gasteiger partial charge in [0.15, 0.2) is 0 Å². The van der Waals surface area contributed by atoms with E-state index >= 15 is 0 Å². The highest BCUT2D eigenvalue weighted by atomic mass is 16.5. The molecule has 1 rings (SSSR count). The van der Waals surface area contributed by atoms with Gasteiger partial charge in [0, 0.05) is 25.2 Å². The van der Waals surface area contributed by atoms with E-state index in [-0.39, 0.29) is 0 Å². The molecule has 16 heavy (non-hydrogen) atoms. The summed E-state index contributed by atoms with van der Waals surface area (Å²) >= 11 is 0. The SMILES string of the molecule is CCCNC(CCC)CN1CCOCC1C. The van der Waals surface area contributed by atoms with Crippen molar-refractivity contribution in [2.45, 2.75) is 52.1 Å². The second-order valence-corrected chi connectivity index (χ2v) is 4.86. The van der Waals surface area contributed by atoms with E-state index in [2.05, 4.69) is 31.0 Å². The van der Waals surface area contributed by atoms with E-state index in [1.54, 1.807) is 0 Å². The third-order valence-electron chi connectivity index (χ3n) is 3.28. The van der Waals surface area contributed by atoms with Crippen molar-refractivity contribution < 1.29 is 4.74 Å². The van der Waals surface area contributed by atoms with Crippen LogP contribution in [0.3, 0.4) is 0 Å². The molecule has 1 heterocycles. The Labute approximate surface area is 101 Å². The fraction of sp³-hybridized carbons (Fsp3) is 1.00. The van der Waals surface area contributed by atoms with E-state index in [4.69, 9.17) is 4.74 Å². The predicted octanol–water partition coefficient (Wildman–Crippen LogP) is 1.88. The van der Waals surface area contributed by atoms with Gasteiger partial charge >= 0.3 is 0 Å². The molecule has 1 saturated heterocycles. The van der Waals surface area contributed by atoms with Gasteiger partial charge in [0.1, 0.15) is 0 Å². The Morgan fingerprint density at radius 1 is 1.38 bits per heavy atom. The molecule has 0 saturated carbocycles. The van der Waals surface area contributed by atoms with Crippen LogP contribution in [0.5, 0.6) is 0 Å². The molecule has 0 spiro atoms. The Balaban J connectivity index is 2.33. The molecule has 0 aromatic heterocycles. The van der Waals surface area contributed by atoms with Gasteiger partial charge in [0.05, 0.1) is 13.2 Å². The Morgan fingerprint density at radius 2 is 2.19 bits per heavy atom. The van der Waals surface area contributed by atoms with Crippen LogP contribution in [0.4, 0.5) is 0 Å². The first-order valence-corrected chi connectivity index (χ1v) is 6.83. The van der Waals surface area contributed by atoms with Gasteiger partial charge in [-0.3, -0.25) is 4.90 Å². The molecule has 1 aliphatic heterocycles. The van der Waals surface area contributed by atoms with E-state index in [1.807, 2.05) is 0 Å².